The van der Waals surface area contributed by atoms with Crippen LogP contribution in [0.25, 0.3) is 5.76 Å². The van der Waals surface area contributed by atoms with Gasteiger partial charge in [0.1, 0.15) is 5.76 Å². The summed E-state index contributed by atoms with van der Waals surface area (Å²) in [4.78, 5) is 11.4. The Labute approximate surface area is 150 Å². The first kappa shape index (κ1) is 18.9. The molecule has 132 valence electrons. The molecule has 0 radical (unpaired) electrons. The van der Waals surface area contributed by atoms with Gasteiger partial charge < -0.3 is 9.84 Å². The maximum atomic E-state index is 11.4. The minimum Gasteiger partial charge on any atom is -0.423 e. The molecule has 3 rings (SSSR count). The van der Waals surface area contributed by atoms with E-state index in [1.807, 2.05) is 42.5 Å². The molecule has 0 saturated heterocycles. The highest BCUT2D eigenvalue weighted by molar-refractivity contribution is 6.02. The Morgan fingerprint density at radius 2 is 1.72 bits per heavy atom. The molecule has 0 fully saturated rings. The Morgan fingerprint density at radius 3 is 2.40 bits per heavy atom. The third-order valence-electron chi connectivity index (χ3n) is 3.94. The third kappa shape index (κ3) is 5.30. The molecule has 1 N–H and O–H groups in total. The van der Waals surface area contributed by atoms with Crippen LogP contribution >= 0.6 is 0 Å². The van der Waals surface area contributed by atoms with Crippen LogP contribution < -0.4 is 0 Å². The zero-order chi connectivity index (χ0) is 18.1. The van der Waals surface area contributed by atoms with Gasteiger partial charge in [0.05, 0.1) is 11.7 Å². The van der Waals surface area contributed by atoms with E-state index < -0.39 is 0 Å². The number of cyclic esters (lactones) is 1. The lowest BCUT2D eigenvalue weighted by Gasteiger charge is -2.09. The molecule has 1 atom stereocenters. The van der Waals surface area contributed by atoms with E-state index >= 15 is 0 Å². The first-order valence-corrected chi connectivity index (χ1v) is 8.92. The van der Waals surface area contributed by atoms with Gasteiger partial charge in [-0.25, -0.2) is 4.79 Å². The van der Waals surface area contributed by atoms with E-state index in [1.165, 1.54) is 0 Å². The number of fused-ring (bicyclic) bond motifs is 1. The maximum Gasteiger partial charge on any atom is 0.344 e. The van der Waals surface area contributed by atoms with Crippen molar-refractivity contribution < 1.29 is 14.6 Å². The number of hydrogen-bond acceptors (Lipinski definition) is 3. The number of benzene rings is 1. The van der Waals surface area contributed by atoms with E-state index in [0.29, 0.717) is 11.3 Å². The van der Waals surface area contributed by atoms with Crippen LogP contribution in [0.15, 0.2) is 66.3 Å². The Balaban J connectivity index is 0.000000186. The largest absolute Gasteiger partial charge is 0.423 e. The monoisotopic (exact) mass is 338 g/mol. The summed E-state index contributed by atoms with van der Waals surface area (Å²) in [5.41, 5.74) is 2.62. The Kier molecular flexibility index (Phi) is 7.42. The van der Waals surface area contributed by atoms with Gasteiger partial charge >= 0.3 is 5.97 Å². The Bertz CT molecular complexity index is 708. The second kappa shape index (κ2) is 9.80. The number of aliphatic hydroxyl groups excluding tert-OH is 1. The maximum absolute atomic E-state index is 11.4. The number of unbranched alkanes of at least 4 members (excludes halogenated alkanes) is 2. The minimum atomic E-state index is -0.383. The van der Waals surface area contributed by atoms with Crippen molar-refractivity contribution in [1.29, 1.82) is 0 Å². The van der Waals surface area contributed by atoms with Crippen molar-refractivity contribution in [2.45, 2.75) is 45.6 Å². The number of allylic oxidation sites excluding steroid dienone is 4. The molecule has 1 aromatic carbocycles. The summed E-state index contributed by atoms with van der Waals surface area (Å²) in [7, 11) is 0. The van der Waals surface area contributed by atoms with Crippen molar-refractivity contribution in [3.8, 4) is 0 Å². The first-order valence-electron chi connectivity index (χ1n) is 8.92. The van der Waals surface area contributed by atoms with E-state index in [-0.39, 0.29) is 12.1 Å². The third-order valence-corrected chi connectivity index (χ3v) is 3.94. The molecule has 1 aromatic rings. The molecular formula is C22H26O3. The summed E-state index contributed by atoms with van der Waals surface area (Å²) in [6.07, 6.45) is 15.4. The summed E-state index contributed by atoms with van der Waals surface area (Å²) >= 11 is 0. The number of esters is 1. The highest BCUT2D eigenvalue weighted by atomic mass is 16.5. The smallest absolute Gasteiger partial charge is 0.344 e. The molecule has 0 saturated carbocycles. The summed E-state index contributed by atoms with van der Waals surface area (Å²) < 4.78 is 5.16. The highest BCUT2D eigenvalue weighted by Gasteiger charge is 2.24. The first-order chi connectivity index (χ1) is 12.2. The van der Waals surface area contributed by atoms with Crippen LogP contribution in [0.1, 0.15) is 55.5 Å². The lowest BCUT2D eigenvalue weighted by molar-refractivity contribution is 0.0715. The van der Waals surface area contributed by atoms with Crippen molar-refractivity contribution in [2.75, 3.05) is 0 Å². The number of hydrogen-bond donors (Lipinski definition) is 1. The van der Waals surface area contributed by atoms with E-state index in [2.05, 4.69) is 19.9 Å². The van der Waals surface area contributed by atoms with Gasteiger partial charge in [0.25, 0.3) is 0 Å². The van der Waals surface area contributed by atoms with Crippen molar-refractivity contribution in [2.24, 2.45) is 0 Å². The number of carbonyl (C=O) groups is 1. The average Bonchev–Trinajstić information content (AvgIpc) is 2.96. The highest BCUT2D eigenvalue weighted by Crippen LogP contribution is 2.29. The molecule has 1 unspecified atom stereocenters. The van der Waals surface area contributed by atoms with Crippen molar-refractivity contribution in [3.63, 3.8) is 0 Å². The van der Waals surface area contributed by atoms with Crippen LogP contribution in [0.2, 0.25) is 0 Å². The van der Waals surface area contributed by atoms with Crippen LogP contribution in [0.4, 0.5) is 0 Å². The average molecular weight is 338 g/mol. The van der Waals surface area contributed by atoms with Gasteiger partial charge in [-0.05, 0) is 30.6 Å². The number of carbonyl (C=O) groups excluding carboxylic acids is 1. The van der Waals surface area contributed by atoms with Crippen LogP contribution in [0.3, 0.4) is 0 Å². The summed E-state index contributed by atoms with van der Waals surface area (Å²) in [6.45, 7) is 4.23. The van der Waals surface area contributed by atoms with E-state index in [4.69, 9.17) is 4.74 Å². The van der Waals surface area contributed by atoms with Gasteiger partial charge in [-0.1, -0.05) is 75.3 Å². The van der Waals surface area contributed by atoms with Crippen LogP contribution in [0, 0.1) is 0 Å². The number of aliphatic hydroxyl groups is 1. The van der Waals surface area contributed by atoms with Gasteiger partial charge in [0, 0.05) is 5.56 Å². The molecule has 0 spiro atoms. The SMILES string of the molecule is CCC/C=C1/C=CC=CC1O.CCC/C=C1\OC(=O)c2ccccc21. The predicted molar refractivity (Wildman–Crippen MR) is 102 cm³/mol. The van der Waals surface area contributed by atoms with Crippen LogP contribution in [0.5, 0.6) is 0 Å². The Morgan fingerprint density at radius 1 is 1.04 bits per heavy atom. The lowest BCUT2D eigenvalue weighted by atomic mass is 10.0. The van der Waals surface area contributed by atoms with Gasteiger partial charge in [-0.3, -0.25) is 0 Å². The topological polar surface area (TPSA) is 46.5 Å². The molecule has 3 nitrogen and oxygen atoms in total. The molecule has 0 aromatic heterocycles. The normalized spacial score (nSPS) is 21.1. The molecule has 1 aliphatic heterocycles. The fourth-order valence-corrected chi connectivity index (χ4v) is 2.56. The molecule has 2 aliphatic rings. The molecule has 0 bridgehead atoms. The second-order valence-electron chi connectivity index (χ2n) is 5.97. The van der Waals surface area contributed by atoms with Crippen molar-refractivity contribution >= 4 is 11.7 Å². The van der Waals surface area contributed by atoms with Gasteiger partial charge in [0.15, 0.2) is 0 Å². The molecule has 1 heterocycles. The molecule has 0 amide bonds. The zero-order valence-corrected chi connectivity index (χ0v) is 14.9. The van der Waals surface area contributed by atoms with Crippen LogP contribution in [-0.4, -0.2) is 17.2 Å². The number of ether oxygens (including phenoxy) is 1. The minimum absolute atomic E-state index is 0.233. The summed E-state index contributed by atoms with van der Waals surface area (Å²) in [5.74, 6) is 0.482. The standard InChI is InChI=1S/C12H12O2.C10H14O/c1-2-3-8-11-9-6-4-5-7-10(9)12(13)14-11;1-2-3-6-9-7-4-5-8-10(9)11/h4-8H,2-3H2,1H3;4-8,10-11H,2-3H2,1H3/b11-8-;9-6-. The van der Waals surface area contributed by atoms with E-state index in [1.54, 1.807) is 12.1 Å². The fourth-order valence-electron chi connectivity index (χ4n) is 2.56. The van der Waals surface area contributed by atoms with E-state index in [0.717, 1.165) is 36.8 Å². The quantitative estimate of drug-likeness (QED) is 0.768. The fraction of sp³-hybridized carbons (Fsp3) is 0.318. The molecule has 3 heteroatoms. The van der Waals surface area contributed by atoms with Crippen molar-refractivity contribution in [1.82, 2.24) is 0 Å². The Hall–Kier alpha value is -2.39. The van der Waals surface area contributed by atoms with Crippen molar-refractivity contribution in [3.05, 3.63) is 77.4 Å². The molecule has 1 aliphatic carbocycles. The van der Waals surface area contributed by atoms with Crippen LogP contribution in [-0.2, 0) is 4.74 Å². The summed E-state index contributed by atoms with van der Waals surface area (Å²) in [6, 6.07) is 7.48. The second-order valence-corrected chi connectivity index (χ2v) is 5.97. The zero-order valence-electron chi connectivity index (χ0n) is 14.9. The molecular weight excluding hydrogens is 312 g/mol. The lowest BCUT2D eigenvalue weighted by Crippen LogP contribution is -2.06. The molecule has 25 heavy (non-hydrogen) atoms. The number of rotatable bonds is 4. The van der Waals surface area contributed by atoms with Gasteiger partial charge in [-0.2, -0.15) is 0 Å². The predicted octanol–water partition coefficient (Wildman–Crippen LogP) is 5.20. The summed E-state index contributed by atoms with van der Waals surface area (Å²) in [5, 5.41) is 9.39. The van der Waals surface area contributed by atoms with Gasteiger partial charge in [0.2, 0.25) is 0 Å². The van der Waals surface area contributed by atoms with Gasteiger partial charge in [-0.15, -0.1) is 0 Å². The van der Waals surface area contributed by atoms with E-state index in [9.17, 15) is 9.90 Å².